The fraction of sp³-hybridized carbons (Fsp3) is 0.632. The first-order chi connectivity index (χ1) is 14.4. The van der Waals surface area contributed by atoms with Gasteiger partial charge in [-0.15, -0.1) is 0 Å². The highest BCUT2D eigenvalue weighted by molar-refractivity contribution is 5.90. The van der Waals surface area contributed by atoms with Gasteiger partial charge in [0.25, 0.3) is 5.91 Å². The van der Waals surface area contributed by atoms with E-state index in [9.17, 15) is 29.2 Å². The van der Waals surface area contributed by atoms with Gasteiger partial charge in [0.05, 0.1) is 31.4 Å². The molecule has 1 aliphatic carbocycles. The van der Waals surface area contributed by atoms with Crippen molar-refractivity contribution in [2.45, 2.75) is 50.7 Å². The summed E-state index contributed by atoms with van der Waals surface area (Å²) in [6, 6.07) is -1.12. The molecule has 1 saturated carbocycles. The summed E-state index contributed by atoms with van der Waals surface area (Å²) < 4.78 is 14.8. The minimum absolute atomic E-state index is 0.137. The van der Waals surface area contributed by atoms with Gasteiger partial charge in [0.1, 0.15) is 12.2 Å². The van der Waals surface area contributed by atoms with Gasteiger partial charge in [-0.05, 0) is 12.3 Å². The molecule has 1 aromatic heterocycles. The van der Waals surface area contributed by atoms with E-state index < -0.39 is 29.9 Å². The minimum Gasteiger partial charge on any atom is -0.427 e. The smallest absolute Gasteiger partial charge is 0.270 e. The van der Waals surface area contributed by atoms with Crippen LogP contribution in [-0.4, -0.2) is 73.6 Å². The second-order valence-corrected chi connectivity index (χ2v) is 7.88. The normalized spacial score (nSPS) is 23.5. The second-order valence-electron chi connectivity index (χ2n) is 7.88. The number of hydrogen-bond acceptors (Lipinski definition) is 6. The average Bonchev–Trinajstić information content (AvgIpc) is 3.38. The first kappa shape index (κ1) is 21.9. The van der Waals surface area contributed by atoms with Crippen LogP contribution in [0, 0.1) is 11.8 Å². The highest BCUT2D eigenvalue weighted by Crippen LogP contribution is 2.32. The van der Waals surface area contributed by atoms with Crippen LogP contribution < -0.4 is 5.49 Å². The molecule has 10 nitrogen and oxygen atoms in total. The highest BCUT2D eigenvalue weighted by atomic mass is 19.1. The molecule has 2 heterocycles. The van der Waals surface area contributed by atoms with Crippen LogP contribution in [0.25, 0.3) is 0 Å². The number of hydrogen-bond donors (Lipinski definition) is 2. The average molecular weight is 423 g/mol. The number of likely N-dealkylation sites (tertiary alicyclic amines) is 1. The largest absolute Gasteiger partial charge is 0.427 e. The zero-order chi connectivity index (χ0) is 21.7. The van der Waals surface area contributed by atoms with Crippen molar-refractivity contribution in [1.82, 2.24) is 19.7 Å². The number of halogens is 1. The van der Waals surface area contributed by atoms with Gasteiger partial charge in [-0.3, -0.25) is 24.6 Å². The molecule has 1 aliphatic heterocycles. The minimum atomic E-state index is -1.39. The topological polar surface area (TPSA) is 128 Å². The molecule has 0 bridgehead atoms. The molecule has 3 atom stereocenters. The maximum atomic E-state index is 14.2. The third-order valence-electron chi connectivity index (χ3n) is 5.73. The Bertz CT molecular complexity index is 841. The van der Waals surface area contributed by atoms with Crippen molar-refractivity contribution >= 4 is 18.2 Å². The predicted molar refractivity (Wildman–Crippen MR) is 99.6 cm³/mol. The zero-order valence-corrected chi connectivity index (χ0v) is 16.5. The molecule has 0 unspecified atom stereocenters. The Morgan fingerprint density at radius 2 is 2.13 bits per heavy atom. The molecule has 3 rings (SSSR count). The number of carbonyl (C=O) groups excluding carboxylic acids is 3. The predicted octanol–water partition coefficient (Wildman–Crippen LogP) is 0.531. The molecule has 0 spiro atoms. The van der Waals surface area contributed by atoms with Crippen LogP contribution in [0.4, 0.5) is 4.39 Å². The maximum Gasteiger partial charge on any atom is 0.270 e. The van der Waals surface area contributed by atoms with E-state index in [1.165, 1.54) is 18.6 Å². The van der Waals surface area contributed by atoms with E-state index in [0.717, 1.165) is 30.6 Å². The maximum absolute atomic E-state index is 14.2. The molecule has 1 aromatic rings. The van der Waals surface area contributed by atoms with E-state index in [1.54, 1.807) is 0 Å². The standard InChI is InChI=1S/C19H26FN5O5/c20-15-8-16(18(27)22-17-9-21-5-6-25(17)30)24(11-15)19(28)14(10-23(29)12-26)7-13-3-1-2-4-13/h5-6,9,12-16,29-30H,1-4,7-8,10-11H2/t14-,15-,16+/m1/s1. The third-order valence-corrected chi connectivity index (χ3v) is 5.73. The number of alkyl halides is 1. The number of carbonyl (C=O) groups is 3. The summed E-state index contributed by atoms with van der Waals surface area (Å²) in [4.78, 5) is 45.5. The quantitative estimate of drug-likeness (QED) is 0.285. The molecule has 1 saturated heterocycles. The molecule has 0 aromatic carbocycles. The molecule has 2 aliphatic rings. The van der Waals surface area contributed by atoms with Crippen molar-refractivity contribution in [3.8, 4) is 0 Å². The van der Waals surface area contributed by atoms with E-state index in [2.05, 4.69) is 9.98 Å². The van der Waals surface area contributed by atoms with E-state index in [1.807, 2.05) is 0 Å². The summed E-state index contributed by atoms with van der Waals surface area (Å²) in [5, 5.41) is 19.8. The van der Waals surface area contributed by atoms with E-state index in [0.29, 0.717) is 16.2 Å². The Morgan fingerprint density at radius 1 is 1.40 bits per heavy atom. The van der Waals surface area contributed by atoms with Crippen LogP contribution in [0.15, 0.2) is 23.6 Å². The summed E-state index contributed by atoms with van der Waals surface area (Å²) in [6.07, 6.45) is 6.77. The van der Waals surface area contributed by atoms with Crippen molar-refractivity contribution in [3.63, 3.8) is 0 Å². The SMILES string of the molecule is O=CN(O)C[C@@H](CC1CCCC1)C(=O)N1C[C@H](F)C[C@H]1C(=O)N=c1cnccn1O. The summed E-state index contributed by atoms with van der Waals surface area (Å²) in [5.74, 6) is -1.72. The molecule has 164 valence electrons. The fourth-order valence-corrected chi connectivity index (χ4v) is 4.28. The van der Waals surface area contributed by atoms with Gasteiger partial charge in [-0.25, -0.2) is 9.45 Å². The van der Waals surface area contributed by atoms with Gasteiger partial charge in [-0.2, -0.15) is 9.72 Å². The number of nitrogens with zero attached hydrogens (tertiary/aromatic N) is 5. The lowest BCUT2D eigenvalue weighted by atomic mass is 9.91. The summed E-state index contributed by atoms with van der Waals surface area (Å²) >= 11 is 0. The molecule has 2 fully saturated rings. The Hall–Kier alpha value is -2.82. The van der Waals surface area contributed by atoms with Gasteiger partial charge < -0.3 is 10.1 Å². The molecule has 11 heteroatoms. The number of hydroxylamine groups is 2. The lowest BCUT2D eigenvalue weighted by molar-refractivity contribution is -0.158. The van der Waals surface area contributed by atoms with Crippen LogP contribution >= 0.6 is 0 Å². The zero-order valence-electron chi connectivity index (χ0n) is 16.5. The van der Waals surface area contributed by atoms with Crippen LogP contribution in [0.2, 0.25) is 0 Å². The molecule has 2 N–H and O–H groups in total. The Kier molecular flexibility index (Phi) is 7.14. The lowest BCUT2D eigenvalue weighted by Crippen LogP contribution is -2.46. The molecular formula is C19H26FN5O5. The summed E-state index contributed by atoms with van der Waals surface area (Å²) in [7, 11) is 0. The van der Waals surface area contributed by atoms with Crippen molar-refractivity contribution in [2.75, 3.05) is 13.1 Å². The fourth-order valence-electron chi connectivity index (χ4n) is 4.28. The van der Waals surface area contributed by atoms with Gasteiger partial charge in [0.2, 0.25) is 12.3 Å². The van der Waals surface area contributed by atoms with Crippen molar-refractivity contribution in [2.24, 2.45) is 16.8 Å². The number of amides is 3. The van der Waals surface area contributed by atoms with Crippen molar-refractivity contribution in [1.29, 1.82) is 0 Å². The van der Waals surface area contributed by atoms with Crippen LogP contribution in [0.1, 0.15) is 38.5 Å². The summed E-state index contributed by atoms with van der Waals surface area (Å²) in [5.41, 5.74) is -0.137. The van der Waals surface area contributed by atoms with Gasteiger partial charge >= 0.3 is 0 Å². The summed E-state index contributed by atoms with van der Waals surface area (Å²) in [6.45, 7) is -0.478. The van der Waals surface area contributed by atoms with Crippen molar-refractivity contribution < 1.29 is 29.2 Å². The van der Waals surface area contributed by atoms with Gasteiger partial charge in [-0.1, -0.05) is 25.7 Å². The molecule has 30 heavy (non-hydrogen) atoms. The van der Waals surface area contributed by atoms with Crippen LogP contribution in [0.5, 0.6) is 0 Å². The number of rotatable bonds is 7. The Labute approximate surface area is 172 Å². The van der Waals surface area contributed by atoms with Crippen LogP contribution in [0.3, 0.4) is 0 Å². The molecule has 0 radical (unpaired) electrons. The van der Waals surface area contributed by atoms with E-state index in [-0.39, 0.29) is 37.3 Å². The number of aromatic nitrogens is 2. The second kappa shape index (κ2) is 9.79. The Morgan fingerprint density at radius 3 is 2.80 bits per heavy atom. The van der Waals surface area contributed by atoms with Crippen LogP contribution in [-0.2, 0) is 14.4 Å². The van der Waals surface area contributed by atoms with E-state index in [4.69, 9.17) is 0 Å². The third kappa shape index (κ3) is 5.21. The molecular weight excluding hydrogens is 397 g/mol. The first-order valence-electron chi connectivity index (χ1n) is 10.0. The highest BCUT2D eigenvalue weighted by Gasteiger charge is 2.42. The first-order valence-corrected chi connectivity index (χ1v) is 10.0. The Balaban J connectivity index is 1.81. The lowest BCUT2D eigenvalue weighted by Gasteiger charge is -2.29. The van der Waals surface area contributed by atoms with Crippen molar-refractivity contribution in [3.05, 3.63) is 24.1 Å². The molecule has 3 amide bonds. The van der Waals surface area contributed by atoms with E-state index >= 15 is 0 Å². The monoisotopic (exact) mass is 423 g/mol. The van der Waals surface area contributed by atoms with Gasteiger partial charge in [0, 0.05) is 12.6 Å². The van der Waals surface area contributed by atoms with Gasteiger partial charge in [0.15, 0.2) is 5.49 Å².